The predicted molar refractivity (Wildman–Crippen MR) is 122 cm³/mol. The summed E-state index contributed by atoms with van der Waals surface area (Å²) >= 11 is 0. The number of ether oxygens (including phenoxy) is 2. The first-order chi connectivity index (χ1) is 15.5. The number of methoxy groups -OCH3 is 1. The lowest BCUT2D eigenvalue weighted by molar-refractivity contribution is -0.116. The molecule has 7 nitrogen and oxygen atoms in total. The summed E-state index contributed by atoms with van der Waals surface area (Å²) < 4.78 is 10.8. The van der Waals surface area contributed by atoms with Crippen LogP contribution >= 0.6 is 0 Å². The van der Waals surface area contributed by atoms with Crippen molar-refractivity contribution in [3.8, 4) is 5.75 Å². The van der Waals surface area contributed by atoms with Gasteiger partial charge in [0.2, 0.25) is 5.91 Å². The molecule has 0 N–H and O–H groups in total. The molecule has 0 saturated carbocycles. The fourth-order valence-electron chi connectivity index (χ4n) is 6.74. The zero-order chi connectivity index (χ0) is 22.5. The van der Waals surface area contributed by atoms with Crippen LogP contribution in [0, 0.1) is 0 Å². The number of carbonyl (C=O) groups excluding carboxylic acids is 2. The van der Waals surface area contributed by atoms with Crippen LogP contribution in [0.2, 0.25) is 0 Å². The Morgan fingerprint density at radius 1 is 1.09 bits per heavy atom. The van der Waals surface area contributed by atoms with Crippen LogP contribution in [0.4, 0.5) is 10.5 Å². The highest BCUT2D eigenvalue weighted by atomic mass is 16.6. The Morgan fingerprint density at radius 2 is 1.78 bits per heavy atom. The van der Waals surface area contributed by atoms with E-state index >= 15 is 0 Å². The van der Waals surface area contributed by atoms with Crippen molar-refractivity contribution in [3.05, 3.63) is 23.8 Å². The zero-order valence-electron chi connectivity index (χ0n) is 19.5. The Labute approximate surface area is 190 Å². The van der Waals surface area contributed by atoms with Crippen molar-refractivity contribution in [1.29, 1.82) is 0 Å². The number of carbonyl (C=O) groups is 2. The minimum absolute atomic E-state index is 0.0106. The summed E-state index contributed by atoms with van der Waals surface area (Å²) in [6, 6.07) is 7.31. The molecule has 174 valence electrons. The van der Waals surface area contributed by atoms with Gasteiger partial charge in [-0.15, -0.1) is 0 Å². The molecule has 5 rings (SSSR count). The van der Waals surface area contributed by atoms with Crippen molar-refractivity contribution in [1.82, 2.24) is 9.80 Å². The van der Waals surface area contributed by atoms with Crippen molar-refractivity contribution in [3.63, 3.8) is 0 Å². The lowest BCUT2D eigenvalue weighted by Crippen LogP contribution is -2.55. The predicted octanol–water partition coefficient (Wildman–Crippen LogP) is 3.55. The molecule has 1 aromatic rings. The third kappa shape index (κ3) is 3.45. The smallest absolute Gasteiger partial charge is 0.410 e. The number of hydrogen-bond donors (Lipinski definition) is 0. The average Bonchev–Trinajstić information content (AvgIpc) is 3.25. The quantitative estimate of drug-likeness (QED) is 0.718. The summed E-state index contributed by atoms with van der Waals surface area (Å²) in [5, 5.41) is 0. The van der Waals surface area contributed by atoms with Crippen molar-refractivity contribution >= 4 is 17.7 Å². The van der Waals surface area contributed by atoms with Gasteiger partial charge >= 0.3 is 6.09 Å². The summed E-state index contributed by atoms with van der Waals surface area (Å²) in [6.45, 7) is 6.81. The molecule has 0 radical (unpaired) electrons. The molecule has 4 heterocycles. The first-order valence-corrected chi connectivity index (χ1v) is 12.1. The third-order valence-electron chi connectivity index (χ3n) is 8.37. The fraction of sp³-hybridized carbons (Fsp3) is 0.680. The van der Waals surface area contributed by atoms with Gasteiger partial charge < -0.3 is 24.2 Å². The molecule has 1 spiro atoms. The van der Waals surface area contributed by atoms with Gasteiger partial charge in [-0.25, -0.2) is 4.79 Å². The molecule has 3 fully saturated rings. The van der Waals surface area contributed by atoms with E-state index in [9.17, 15) is 9.59 Å². The van der Waals surface area contributed by atoms with Crippen LogP contribution in [-0.2, 0) is 14.9 Å². The molecule has 2 amide bonds. The monoisotopic (exact) mass is 441 g/mol. The SMILES string of the molecule is CCOC(=O)N1C2CCC1CC(N1CCC3(CC1)CN(C(C)=O)c1ccc(OC)cc13)C2. The van der Waals surface area contributed by atoms with Crippen LogP contribution < -0.4 is 9.64 Å². The number of nitrogens with zero attached hydrogens (tertiary/aromatic N) is 3. The van der Waals surface area contributed by atoms with E-state index in [-0.39, 0.29) is 17.4 Å². The zero-order valence-corrected chi connectivity index (χ0v) is 19.5. The van der Waals surface area contributed by atoms with E-state index in [1.807, 2.05) is 28.9 Å². The highest BCUT2D eigenvalue weighted by Crippen LogP contribution is 2.49. The lowest BCUT2D eigenvalue weighted by Gasteiger charge is -2.47. The number of rotatable bonds is 3. The number of likely N-dealkylation sites (tertiary alicyclic amines) is 1. The van der Waals surface area contributed by atoms with Crippen LogP contribution in [0.15, 0.2) is 18.2 Å². The maximum atomic E-state index is 12.4. The van der Waals surface area contributed by atoms with E-state index in [1.165, 1.54) is 5.56 Å². The van der Waals surface area contributed by atoms with Crippen molar-refractivity contribution in [2.75, 3.05) is 38.3 Å². The van der Waals surface area contributed by atoms with Gasteiger partial charge in [-0.1, -0.05) is 0 Å². The minimum atomic E-state index is -0.128. The normalized spacial score (nSPS) is 28.7. The van der Waals surface area contributed by atoms with Crippen LogP contribution in [-0.4, -0.2) is 73.3 Å². The Kier molecular flexibility index (Phi) is 5.56. The molecule has 0 aromatic heterocycles. The average molecular weight is 442 g/mol. The van der Waals surface area contributed by atoms with Crippen molar-refractivity contribution in [2.45, 2.75) is 75.9 Å². The maximum absolute atomic E-state index is 12.4. The molecule has 2 unspecified atom stereocenters. The molecule has 4 aliphatic heterocycles. The topological polar surface area (TPSA) is 62.3 Å². The summed E-state index contributed by atoms with van der Waals surface area (Å²) in [5.41, 5.74) is 2.33. The molecular weight excluding hydrogens is 406 g/mol. The largest absolute Gasteiger partial charge is 0.497 e. The van der Waals surface area contributed by atoms with E-state index in [1.54, 1.807) is 14.0 Å². The lowest BCUT2D eigenvalue weighted by atomic mass is 9.73. The Balaban J connectivity index is 1.29. The van der Waals surface area contributed by atoms with E-state index in [2.05, 4.69) is 11.0 Å². The highest BCUT2D eigenvalue weighted by molar-refractivity contribution is 5.95. The second kappa shape index (κ2) is 8.25. The van der Waals surface area contributed by atoms with Crippen LogP contribution in [0.25, 0.3) is 0 Å². The third-order valence-corrected chi connectivity index (χ3v) is 8.37. The summed E-state index contributed by atoms with van der Waals surface area (Å²) in [4.78, 5) is 31.4. The summed E-state index contributed by atoms with van der Waals surface area (Å²) in [6.07, 6.45) is 6.25. The number of fused-ring (bicyclic) bond motifs is 4. The standard InChI is InChI=1S/C25H35N3O4/c1-4-32-24(30)28-18-5-6-19(28)14-20(13-18)26-11-9-25(10-12-26)16-27(17(2)29)23-8-7-21(31-3)15-22(23)25/h7-8,15,18-20H,4-6,9-14,16H2,1-3H3. The second-order valence-corrected chi connectivity index (χ2v) is 9.92. The van der Waals surface area contributed by atoms with Gasteiger partial charge in [0.25, 0.3) is 0 Å². The first-order valence-electron chi connectivity index (χ1n) is 12.1. The Morgan fingerprint density at radius 3 is 2.38 bits per heavy atom. The maximum Gasteiger partial charge on any atom is 0.410 e. The van der Waals surface area contributed by atoms with Gasteiger partial charge in [-0.2, -0.15) is 0 Å². The number of piperidine rings is 2. The highest BCUT2D eigenvalue weighted by Gasteiger charge is 2.49. The van der Waals surface area contributed by atoms with Crippen LogP contribution in [0.1, 0.15) is 57.9 Å². The minimum Gasteiger partial charge on any atom is -0.497 e. The molecule has 1 aromatic carbocycles. The summed E-state index contributed by atoms with van der Waals surface area (Å²) in [5.74, 6) is 0.970. The fourth-order valence-corrected chi connectivity index (χ4v) is 6.74. The number of anilines is 1. The number of amides is 2. The number of benzene rings is 1. The van der Waals surface area contributed by atoms with Gasteiger partial charge in [0, 0.05) is 42.7 Å². The van der Waals surface area contributed by atoms with E-state index in [0.717, 1.165) is 69.6 Å². The van der Waals surface area contributed by atoms with Crippen molar-refractivity contribution in [2.24, 2.45) is 0 Å². The molecule has 4 aliphatic rings. The van der Waals surface area contributed by atoms with Crippen molar-refractivity contribution < 1.29 is 19.1 Å². The van der Waals surface area contributed by atoms with Gasteiger partial charge in [0.1, 0.15) is 5.75 Å². The van der Waals surface area contributed by atoms with Crippen LogP contribution in [0.5, 0.6) is 5.75 Å². The molecule has 0 aliphatic carbocycles. The molecule has 32 heavy (non-hydrogen) atoms. The first kappa shape index (κ1) is 21.6. The molecule has 2 atom stereocenters. The van der Waals surface area contributed by atoms with Gasteiger partial charge in [0.05, 0.1) is 13.7 Å². The molecule has 7 heteroatoms. The van der Waals surface area contributed by atoms with E-state index in [0.29, 0.717) is 24.7 Å². The van der Waals surface area contributed by atoms with E-state index in [4.69, 9.17) is 9.47 Å². The van der Waals surface area contributed by atoms with E-state index < -0.39 is 0 Å². The summed E-state index contributed by atoms with van der Waals surface area (Å²) in [7, 11) is 1.70. The molecule has 3 saturated heterocycles. The van der Waals surface area contributed by atoms with Gasteiger partial charge in [-0.3, -0.25) is 4.79 Å². The van der Waals surface area contributed by atoms with Gasteiger partial charge in [0.15, 0.2) is 0 Å². The Hall–Kier alpha value is -2.28. The second-order valence-electron chi connectivity index (χ2n) is 9.92. The number of hydrogen-bond acceptors (Lipinski definition) is 5. The molecule has 2 bridgehead atoms. The van der Waals surface area contributed by atoms with Crippen LogP contribution in [0.3, 0.4) is 0 Å². The van der Waals surface area contributed by atoms with Gasteiger partial charge in [-0.05, 0) is 82.3 Å². The Bertz CT molecular complexity index is 881. The molecular formula is C25H35N3O4.